The molecular formula is C25H33N3O3S. The zero-order valence-corrected chi connectivity index (χ0v) is 20.4. The molecule has 1 amide bonds. The van der Waals surface area contributed by atoms with E-state index in [1.54, 1.807) is 11.3 Å². The summed E-state index contributed by atoms with van der Waals surface area (Å²) < 4.78 is 0. The number of hydrogen-bond acceptors (Lipinski definition) is 5. The molecule has 7 heteroatoms. The highest BCUT2D eigenvalue weighted by molar-refractivity contribution is 7.16. The fourth-order valence-corrected chi connectivity index (χ4v) is 6.68. The lowest BCUT2D eigenvalue weighted by Crippen LogP contribution is -2.38. The van der Waals surface area contributed by atoms with Crippen molar-refractivity contribution in [2.24, 2.45) is 0 Å². The van der Waals surface area contributed by atoms with E-state index in [1.807, 2.05) is 24.8 Å². The van der Waals surface area contributed by atoms with Crippen molar-refractivity contribution >= 4 is 28.0 Å². The highest BCUT2D eigenvalue weighted by Crippen LogP contribution is 2.40. The third-order valence-corrected chi connectivity index (χ3v) is 8.31. The van der Waals surface area contributed by atoms with E-state index in [0.717, 1.165) is 59.5 Å². The SMILES string of the molecule is CCN(c1sc2c(c1C)C(=O)N(Cc1c(C)cc(C)[nH]c1=O)CCC2)C1CCC(=O)CC1. The molecule has 1 fully saturated rings. The number of carbonyl (C=O) groups is 2. The predicted molar refractivity (Wildman–Crippen MR) is 129 cm³/mol. The zero-order valence-electron chi connectivity index (χ0n) is 19.5. The van der Waals surface area contributed by atoms with Gasteiger partial charge in [0.15, 0.2) is 0 Å². The Morgan fingerprint density at radius 1 is 1.12 bits per heavy atom. The molecule has 0 aromatic carbocycles. The molecule has 4 rings (SSSR count). The number of Topliss-reactive ketones (excluding diaryl/α,β-unsaturated/α-hetero) is 1. The zero-order chi connectivity index (χ0) is 23.0. The van der Waals surface area contributed by atoms with Crippen LogP contribution in [0.3, 0.4) is 0 Å². The minimum Gasteiger partial charge on any atom is -0.360 e. The van der Waals surface area contributed by atoms with Crippen LogP contribution in [0, 0.1) is 20.8 Å². The number of thiophene rings is 1. The molecule has 1 aliphatic carbocycles. The first kappa shape index (κ1) is 22.8. The monoisotopic (exact) mass is 455 g/mol. The Bertz CT molecular complexity index is 1090. The number of fused-ring (bicyclic) bond motifs is 1. The van der Waals surface area contributed by atoms with E-state index >= 15 is 0 Å². The summed E-state index contributed by atoms with van der Waals surface area (Å²) in [6.45, 7) is 9.90. The summed E-state index contributed by atoms with van der Waals surface area (Å²) in [6, 6.07) is 2.32. The number of nitrogens with one attached hydrogen (secondary N) is 1. The van der Waals surface area contributed by atoms with Crippen LogP contribution in [-0.2, 0) is 17.8 Å². The molecule has 32 heavy (non-hydrogen) atoms. The Morgan fingerprint density at radius 2 is 1.84 bits per heavy atom. The van der Waals surface area contributed by atoms with Crippen molar-refractivity contribution in [3.8, 4) is 0 Å². The highest BCUT2D eigenvalue weighted by atomic mass is 32.1. The van der Waals surface area contributed by atoms with Crippen molar-refractivity contribution in [3.05, 3.63) is 49.2 Å². The minimum absolute atomic E-state index is 0.0340. The van der Waals surface area contributed by atoms with E-state index in [0.29, 0.717) is 43.3 Å². The molecule has 1 N–H and O–H groups in total. The van der Waals surface area contributed by atoms with Gasteiger partial charge < -0.3 is 14.8 Å². The van der Waals surface area contributed by atoms with Crippen molar-refractivity contribution in [3.63, 3.8) is 0 Å². The molecule has 1 aliphatic heterocycles. The van der Waals surface area contributed by atoms with E-state index in [9.17, 15) is 14.4 Å². The second-order valence-electron chi connectivity index (χ2n) is 9.16. The average molecular weight is 456 g/mol. The van der Waals surface area contributed by atoms with E-state index in [1.165, 1.54) is 5.00 Å². The highest BCUT2D eigenvalue weighted by Gasteiger charge is 2.32. The number of H-pyrrole nitrogens is 1. The standard InChI is InChI=1S/C25H33N3O3S/c1-5-28(18-8-10-19(29)11-9-18)25-17(4)22-21(32-25)7-6-12-27(24(22)31)14-20-15(2)13-16(3)26-23(20)30/h13,18H,5-12,14H2,1-4H3,(H,26,30). The second-order valence-corrected chi connectivity index (χ2v) is 10.2. The summed E-state index contributed by atoms with van der Waals surface area (Å²) in [5, 5.41) is 1.18. The van der Waals surface area contributed by atoms with E-state index < -0.39 is 0 Å². The first-order valence-corrected chi connectivity index (χ1v) is 12.5. The number of aromatic amines is 1. The largest absolute Gasteiger partial charge is 0.360 e. The Hall–Kier alpha value is -2.41. The molecule has 0 radical (unpaired) electrons. The van der Waals surface area contributed by atoms with E-state index in [-0.39, 0.29) is 11.5 Å². The maximum Gasteiger partial charge on any atom is 0.255 e. The number of carbonyl (C=O) groups excluding carboxylic acids is 2. The predicted octanol–water partition coefficient (Wildman–Crippen LogP) is 4.29. The summed E-state index contributed by atoms with van der Waals surface area (Å²) in [4.78, 5) is 46.2. The first-order valence-electron chi connectivity index (χ1n) is 11.7. The van der Waals surface area contributed by atoms with Gasteiger partial charge in [0, 0.05) is 48.1 Å². The maximum absolute atomic E-state index is 13.7. The molecule has 2 aliphatic rings. The van der Waals surface area contributed by atoms with Crippen LogP contribution in [0.2, 0.25) is 0 Å². The van der Waals surface area contributed by atoms with Crippen LogP contribution < -0.4 is 10.5 Å². The number of anilines is 1. The Balaban J connectivity index is 1.64. The summed E-state index contributed by atoms with van der Waals surface area (Å²) in [7, 11) is 0. The van der Waals surface area contributed by atoms with Gasteiger partial charge in [-0.2, -0.15) is 0 Å². The summed E-state index contributed by atoms with van der Waals surface area (Å²) >= 11 is 1.75. The molecule has 172 valence electrons. The molecule has 0 bridgehead atoms. The number of pyridine rings is 1. The van der Waals surface area contributed by atoms with E-state index in [2.05, 4.69) is 23.7 Å². The van der Waals surface area contributed by atoms with E-state index in [4.69, 9.17) is 0 Å². The summed E-state index contributed by atoms with van der Waals surface area (Å²) in [5.41, 5.74) is 4.21. The van der Waals surface area contributed by atoms with Crippen LogP contribution >= 0.6 is 11.3 Å². The number of rotatable bonds is 5. The molecular weight excluding hydrogens is 422 g/mol. The van der Waals surface area contributed by atoms with Gasteiger partial charge in [0.05, 0.1) is 17.1 Å². The molecule has 0 unspecified atom stereocenters. The quantitative estimate of drug-likeness (QED) is 0.730. The van der Waals surface area contributed by atoms with Gasteiger partial charge in [-0.25, -0.2) is 0 Å². The number of aromatic nitrogens is 1. The third kappa shape index (κ3) is 4.27. The topological polar surface area (TPSA) is 73.5 Å². The van der Waals surface area contributed by atoms with Crippen molar-refractivity contribution < 1.29 is 9.59 Å². The molecule has 6 nitrogen and oxygen atoms in total. The average Bonchev–Trinajstić information content (AvgIpc) is 2.97. The van der Waals surface area contributed by atoms with Crippen molar-refractivity contribution in [2.45, 2.75) is 78.8 Å². The summed E-state index contributed by atoms with van der Waals surface area (Å²) in [6.07, 6.45) is 4.87. The third-order valence-electron chi connectivity index (χ3n) is 6.93. The maximum atomic E-state index is 13.7. The molecule has 2 aromatic rings. The van der Waals surface area contributed by atoms with Gasteiger partial charge in [-0.3, -0.25) is 14.4 Å². The van der Waals surface area contributed by atoms with Gasteiger partial charge in [-0.1, -0.05) is 0 Å². The molecule has 3 heterocycles. The van der Waals surface area contributed by atoms with Gasteiger partial charge in [-0.15, -0.1) is 11.3 Å². The fraction of sp³-hybridized carbons (Fsp3) is 0.560. The van der Waals surface area contributed by atoms with Gasteiger partial charge in [0.2, 0.25) is 0 Å². The van der Waals surface area contributed by atoms with Crippen LogP contribution in [0.25, 0.3) is 0 Å². The number of hydrogen-bond donors (Lipinski definition) is 1. The van der Waals surface area contributed by atoms with Crippen molar-refractivity contribution in [2.75, 3.05) is 18.0 Å². The molecule has 2 aromatic heterocycles. The van der Waals surface area contributed by atoms with Gasteiger partial charge in [-0.05, 0) is 70.6 Å². The minimum atomic E-state index is -0.105. The lowest BCUT2D eigenvalue weighted by atomic mass is 9.93. The van der Waals surface area contributed by atoms with Crippen molar-refractivity contribution in [1.82, 2.24) is 9.88 Å². The number of nitrogens with zero attached hydrogens (tertiary/aromatic N) is 2. The van der Waals surface area contributed by atoms with Crippen molar-refractivity contribution in [1.29, 1.82) is 0 Å². The smallest absolute Gasteiger partial charge is 0.255 e. The van der Waals surface area contributed by atoms with Crippen LogP contribution in [-0.4, -0.2) is 40.7 Å². The first-order chi connectivity index (χ1) is 15.3. The molecule has 0 saturated heterocycles. The van der Waals surface area contributed by atoms with Crippen LogP contribution in [0.1, 0.15) is 76.6 Å². The van der Waals surface area contributed by atoms with Gasteiger partial charge >= 0.3 is 0 Å². The number of ketones is 1. The Kier molecular flexibility index (Phi) is 6.56. The van der Waals surface area contributed by atoms with Crippen LogP contribution in [0.15, 0.2) is 10.9 Å². The fourth-order valence-electron chi connectivity index (χ4n) is 5.20. The summed E-state index contributed by atoms with van der Waals surface area (Å²) in [5.74, 6) is 0.398. The number of amides is 1. The van der Waals surface area contributed by atoms with Crippen LogP contribution in [0.4, 0.5) is 5.00 Å². The normalized spacial score (nSPS) is 17.4. The molecule has 0 atom stereocenters. The molecule has 1 saturated carbocycles. The van der Waals surface area contributed by atoms with Gasteiger partial charge in [0.1, 0.15) is 5.78 Å². The second kappa shape index (κ2) is 9.22. The van der Waals surface area contributed by atoms with Crippen LogP contribution in [0.5, 0.6) is 0 Å². The lowest BCUT2D eigenvalue weighted by molar-refractivity contribution is -0.120. The Labute approximate surface area is 193 Å². The Morgan fingerprint density at radius 3 is 2.50 bits per heavy atom. The molecule has 0 spiro atoms. The van der Waals surface area contributed by atoms with Gasteiger partial charge in [0.25, 0.3) is 11.5 Å². The lowest BCUT2D eigenvalue weighted by Gasteiger charge is -2.34. The number of aryl methyl sites for hydroxylation is 3.